The summed E-state index contributed by atoms with van der Waals surface area (Å²) in [5.74, 6) is 0. The van der Waals surface area contributed by atoms with Crippen molar-refractivity contribution in [2.75, 3.05) is 9.71 Å². The molecule has 0 fully saturated rings. The predicted octanol–water partition coefficient (Wildman–Crippen LogP) is 17.2. The normalized spacial score (nSPS) is 14.8. The quantitative estimate of drug-likeness (QED) is 0.162. The number of fused-ring (bicyclic) bond motifs is 10. The number of benzene rings is 9. The van der Waals surface area contributed by atoms with E-state index in [1.54, 1.807) is 0 Å². The van der Waals surface area contributed by atoms with Crippen LogP contribution in [-0.4, -0.2) is 6.85 Å². The van der Waals surface area contributed by atoms with Crippen molar-refractivity contribution in [3.63, 3.8) is 0 Å². The van der Waals surface area contributed by atoms with Gasteiger partial charge in [0.2, 0.25) is 0 Å². The molecule has 70 heavy (non-hydrogen) atoms. The van der Waals surface area contributed by atoms with Gasteiger partial charge in [-0.25, -0.2) is 0 Å². The van der Waals surface area contributed by atoms with Gasteiger partial charge >= 0.3 is 6.85 Å². The van der Waals surface area contributed by atoms with Crippen molar-refractivity contribution in [1.29, 1.82) is 0 Å². The fraction of sp³-hybridized carbons (Fsp3) is 0.169. The van der Waals surface area contributed by atoms with E-state index in [2.05, 4.69) is 253 Å². The van der Waals surface area contributed by atoms with Gasteiger partial charge < -0.3 is 9.71 Å². The van der Waals surface area contributed by atoms with Crippen LogP contribution in [0.2, 0.25) is 0 Å². The van der Waals surface area contributed by atoms with E-state index in [1.165, 1.54) is 126 Å². The first-order valence-corrected chi connectivity index (χ1v) is 26.4. The van der Waals surface area contributed by atoms with Gasteiger partial charge in [-0.1, -0.05) is 206 Å². The zero-order chi connectivity index (χ0) is 47.8. The molecule has 4 aliphatic rings. The summed E-state index contributed by atoms with van der Waals surface area (Å²) in [6.07, 6.45) is 0. The second kappa shape index (κ2) is 15.7. The molecule has 3 aliphatic heterocycles. The maximum absolute atomic E-state index is 2.73. The van der Waals surface area contributed by atoms with Crippen LogP contribution in [-0.2, 0) is 16.2 Å². The molecule has 2 nitrogen and oxygen atoms in total. The lowest BCUT2D eigenvalue weighted by atomic mass is 9.42. The first-order valence-electron chi connectivity index (χ1n) is 24.8. The molecule has 13 rings (SSSR count). The van der Waals surface area contributed by atoms with Gasteiger partial charge in [0.05, 0.1) is 5.69 Å². The average molecular weight is 939 g/mol. The summed E-state index contributed by atoms with van der Waals surface area (Å²) in [5.41, 5.74) is 24.1. The van der Waals surface area contributed by atoms with Crippen LogP contribution >= 0.6 is 23.5 Å². The van der Waals surface area contributed by atoms with Crippen LogP contribution in [0, 0.1) is 0 Å². The van der Waals surface area contributed by atoms with Crippen LogP contribution in [0.1, 0.15) is 77.6 Å². The van der Waals surface area contributed by atoms with Gasteiger partial charge in [0.1, 0.15) is 0 Å². The Hall–Kier alpha value is -6.66. The van der Waals surface area contributed by atoms with E-state index in [9.17, 15) is 0 Å². The first-order chi connectivity index (χ1) is 33.8. The van der Waals surface area contributed by atoms with E-state index >= 15 is 0 Å². The molecule has 0 N–H and O–H groups in total. The topological polar surface area (TPSA) is 6.48 Å². The maximum Gasteiger partial charge on any atom is 0.333 e. The van der Waals surface area contributed by atoms with Gasteiger partial charge in [-0.05, 0) is 132 Å². The van der Waals surface area contributed by atoms with Crippen molar-refractivity contribution in [2.45, 2.75) is 91.2 Å². The van der Waals surface area contributed by atoms with Crippen LogP contribution in [0.25, 0.3) is 44.5 Å². The van der Waals surface area contributed by atoms with E-state index in [0.29, 0.717) is 0 Å². The highest BCUT2D eigenvalue weighted by Crippen LogP contribution is 2.59. The lowest BCUT2D eigenvalue weighted by Gasteiger charge is -2.48. The Kier molecular flexibility index (Phi) is 9.71. The fourth-order valence-electron chi connectivity index (χ4n) is 11.9. The maximum atomic E-state index is 2.73. The molecule has 1 aliphatic carbocycles. The van der Waals surface area contributed by atoms with Crippen LogP contribution in [0.4, 0.5) is 28.4 Å². The number of rotatable bonds is 4. The van der Waals surface area contributed by atoms with Gasteiger partial charge in [-0.2, -0.15) is 0 Å². The Balaban J connectivity index is 1.19. The summed E-state index contributed by atoms with van der Waals surface area (Å²) in [6.45, 7) is 18.7. The molecule has 0 unspecified atom stereocenters. The molecular formula is C65H55BN2S2. The molecule has 0 saturated carbocycles. The third kappa shape index (κ3) is 6.57. The van der Waals surface area contributed by atoms with Gasteiger partial charge in [0.15, 0.2) is 0 Å². The van der Waals surface area contributed by atoms with Crippen molar-refractivity contribution >= 4 is 69.7 Å². The summed E-state index contributed by atoms with van der Waals surface area (Å²) in [5, 5.41) is 0. The van der Waals surface area contributed by atoms with Gasteiger partial charge in [0, 0.05) is 64.4 Å². The van der Waals surface area contributed by atoms with Crippen molar-refractivity contribution in [1.82, 2.24) is 0 Å². The van der Waals surface area contributed by atoms with Crippen molar-refractivity contribution in [3.8, 4) is 44.5 Å². The SMILES string of the molecule is CC(C)(C)c1ccc(N2B3c4cc5c(cc4N(c4ccc(C(C)(C)C)cc4-c4ccccc4)c4cc6c(c(c43)-c3ccccc32)C(C)(C)c2ccccc2-6)Sc2ccccc2S5)c(-c2ccccc2)c1. The second-order valence-electron chi connectivity index (χ2n) is 22.1. The second-order valence-corrected chi connectivity index (χ2v) is 24.3. The molecule has 0 spiro atoms. The van der Waals surface area contributed by atoms with Gasteiger partial charge in [-0.15, -0.1) is 0 Å². The first kappa shape index (κ1) is 43.4. The number of hydrogen-bond donors (Lipinski definition) is 0. The highest BCUT2D eigenvalue weighted by Gasteiger charge is 2.51. The standard InChI is InChI=1S/C65H55BN2S2/c1-63(2,3)42-31-33-51(46(35-42)40-21-11-9-12-22-40)67-54-39-59-58(69-56-29-19-20-30-57(56)70-59)38-50(54)66-62-55(67)37-48-44-25-15-17-27-49(44)65(7,8)61(48)60(62)45-26-16-18-28-52(45)68(66)53-34-32-43(64(4,5)6)36-47(53)41-23-13-10-14-24-41/h9-39H,1-8H3. The fourth-order valence-corrected chi connectivity index (χ4v) is 14.2. The lowest BCUT2D eigenvalue weighted by Crippen LogP contribution is -2.62. The minimum absolute atomic E-state index is 0.0377. The van der Waals surface area contributed by atoms with Crippen LogP contribution in [0.5, 0.6) is 0 Å². The average Bonchev–Trinajstić information content (AvgIpc) is 3.60. The van der Waals surface area contributed by atoms with Gasteiger partial charge in [-0.3, -0.25) is 0 Å². The molecule has 5 heteroatoms. The third-order valence-electron chi connectivity index (χ3n) is 15.4. The third-order valence-corrected chi connectivity index (χ3v) is 17.9. The molecular weight excluding hydrogens is 884 g/mol. The molecule has 0 radical (unpaired) electrons. The van der Waals surface area contributed by atoms with Crippen LogP contribution in [0.3, 0.4) is 0 Å². The van der Waals surface area contributed by atoms with Crippen LogP contribution in [0.15, 0.2) is 208 Å². The molecule has 9 aromatic carbocycles. The van der Waals surface area contributed by atoms with E-state index < -0.39 is 0 Å². The molecule has 0 aromatic heterocycles. The van der Waals surface area contributed by atoms with E-state index in [0.717, 1.165) is 0 Å². The minimum atomic E-state index is -0.250. The van der Waals surface area contributed by atoms with Crippen molar-refractivity contribution in [3.05, 3.63) is 210 Å². The van der Waals surface area contributed by atoms with Crippen molar-refractivity contribution in [2.24, 2.45) is 0 Å². The molecule has 340 valence electrons. The highest BCUT2D eigenvalue weighted by molar-refractivity contribution is 8.05. The van der Waals surface area contributed by atoms with Crippen molar-refractivity contribution < 1.29 is 0 Å². The van der Waals surface area contributed by atoms with E-state index in [1.807, 2.05) is 23.5 Å². The molecule has 0 saturated heterocycles. The summed E-state index contributed by atoms with van der Waals surface area (Å²) in [4.78, 5) is 10.6. The summed E-state index contributed by atoms with van der Waals surface area (Å²) in [6, 6.07) is 71.9. The predicted molar refractivity (Wildman–Crippen MR) is 301 cm³/mol. The van der Waals surface area contributed by atoms with E-state index in [-0.39, 0.29) is 23.1 Å². The lowest BCUT2D eigenvalue weighted by molar-refractivity contribution is 0.590. The summed E-state index contributed by atoms with van der Waals surface area (Å²) in [7, 11) is 0. The molecule has 0 amide bonds. The number of hydrogen-bond acceptors (Lipinski definition) is 4. The number of nitrogens with zero attached hydrogens (tertiary/aromatic N) is 2. The Morgan fingerprint density at radius 2 is 0.929 bits per heavy atom. The Labute approximate surface area is 422 Å². The van der Waals surface area contributed by atoms with Crippen LogP contribution < -0.4 is 20.6 Å². The smallest absolute Gasteiger partial charge is 0.333 e. The Bertz CT molecular complexity index is 3620. The zero-order valence-corrected chi connectivity index (χ0v) is 42.8. The molecule has 9 aromatic rings. The Morgan fingerprint density at radius 3 is 1.56 bits per heavy atom. The monoisotopic (exact) mass is 938 g/mol. The molecule has 0 bridgehead atoms. The van der Waals surface area contributed by atoms with Gasteiger partial charge in [0.25, 0.3) is 0 Å². The zero-order valence-electron chi connectivity index (χ0n) is 41.2. The minimum Gasteiger partial charge on any atom is -0.376 e. The summed E-state index contributed by atoms with van der Waals surface area (Å²) >= 11 is 3.82. The Morgan fingerprint density at radius 1 is 0.414 bits per heavy atom. The number of para-hydroxylation sites is 1. The largest absolute Gasteiger partial charge is 0.376 e. The molecule has 0 atom stereocenters. The van der Waals surface area contributed by atoms with E-state index in [4.69, 9.17) is 0 Å². The number of anilines is 5. The molecule has 3 heterocycles. The highest BCUT2D eigenvalue weighted by atomic mass is 32.2. The summed E-state index contributed by atoms with van der Waals surface area (Å²) < 4.78 is 0.